The van der Waals surface area contributed by atoms with Crippen molar-refractivity contribution in [1.82, 2.24) is 9.76 Å². The van der Waals surface area contributed by atoms with Gasteiger partial charge in [-0.3, -0.25) is 4.57 Å². The monoisotopic (exact) mass is 644 g/mol. The zero-order chi connectivity index (χ0) is 31.2. The van der Waals surface area contributed by atoms with E-state index in [4.69, 9.17) is 32.5 Å². The normalized spacial score (nSPS) is 21.2. The highest BCUT2D eigenvalue weighted by molar-refractivity contribution is 7.54. The summed E-state index contributed by atoms with van der Waals surface area (Å²) in [6.07, 6.45) is 23.3. The lowest BCUT2D eigenvalue weighted by Crippen LogP contribution is -2.45. The molecule has 0 aromatic rings. The van der Waals surface area contributed by atoms with Gasteiger partial charge in [-0.05, 0) is 106 Å². The first-order valence-corrected chi connectivity index (χ1v) is 18.5. The molecule has 1 aliphatic rings. The molecule has 0 aromatic carbocycles. The molecular weight excluding hydrogens is 586 g/mol. The van der Waals surface area contributed by atoms with Gasteiger partial charge in [-0.25, -0.2) is 5.09 Å². The van der Waals surface area contributed by atoms with Crippen LogP contribution in [0.15, 0.2) is 58.2 Å². The minimum absolute atomic E-state index is 0.259. The molecule has 0 spiro atoms. The van der Waals surface area contributed by atoms with E-state index in [0.29, 0.717) is 44.5 Å². The molecule has 1 saturated heterocycles. The molecule has 0 saturated carbocycles. The van der Waals surface area contributed by atoms with Crippen LogP contribution in [0.4, 0.5) is 0 Å². The Morgan fingerprint density at radius 2 is 1.33 bits per heavy atom. The van der Waals surface area contributed by atoms with Gasteiger partial charge in [-0.15, -0.1) is 23.2 Å². The molecule has 2 unspecified atom stereocenters. The Morgan fingerprint density at radius 1 is 0.810 bits per heavy atom. The number of rotatable bonds is 22. The van der Waals surface area contributed by atoms with Crippen molar-refractivity contribution in [2.24, 2.45) is 0 Å². The summed E-state index contributed by atoms with van der Waals surface area (Å²) in [4.78, 5) is 0. The second kappa shape index (κ2) is 23.7. The number of unbranched alkanes of at least 4 members (excludes halogenated alkanes) is 1. The quantitative estimate of drug-likeness (QED) is 0.0550. The predicted octanol–water partition coefficient (Wildman–Crippen LogP) is 10.9. The minimum atomic E-state index is -3.17. The maximum Gasteiger partial charge on any atom is 0.345 e. The van der Waals surface area contributed by atoms with Crippen LogP contribution < -0.4 is 5.09 Å². The Morgan fingerprint density at radius 3 is 1.86 bits per heavy atom. The standard InChI is InChI=1S/C34H59Cl2N2O3P/c1-29(2)13-9-16-32(5)19-10-17-30(3)14-7-8-15-31(4)18-11-20-33(6)21-12-27-40-34-22-28-41-42(39,37-25-23-35)38(34)26-24-36/h13-15,19-20,34H,7-12,16-18,21-28H2,1-6H3,(H,37,39). The van der Waals surface area contributed by atoms with E-state index in [1.807, 2.05) is 0 Å². The van der Waals surface area contributed by atoms with E-state index >= 15 is 0 Å². The minimum Gasteiger partial charge on any atom is -0.363 e. The van der Waals surface area contributed by atoms with Crippen molar-refractivity contribution in [2.45, 2.75) is 118 Å². The Bertz CT molecular complexity index is 954. The van der Waals surface area contributed by atoms with E-state index < -0.39 is 7.67 Å². The lowest BCUT2D eigenvalue weighted by molar-refractivity contribution is -0.0541. The Balaban J connectivity index is 2.29. The fourth-order valence-electron chi connectivity index (χ4n) is 4.84. The summed E-state index contributed by atoms with van der Waals surface area (Å²) in [7, 11) is -3.17. The van der Waals surface area contributed by atoms with Crippen molar-refractivity contribution in [3.05, 3.63) is 58.2 Å². The molecular formula is C34H59Cl2N2O3P. The van der Waals surface area contributed by atoms with Gasteiger partial charge in [0, 0.05) is 37.9 Å². The van der Waals surface area contributed by atoms with Crippen molar-refractivity contribution in [1.29, 1.82) is 0 Å². The van der Waals surface area contributed by atoms with Crippen molar-refractivity contribution < 1.29 is 13.8 Å². The summed E-state index contributed by atoms with van der Waals surface area (Å²) in [6.45, 7) is 15.2. The van der Waals surface area contributed by atoms with Gasteiger partial charge in [0.05, 0.1) is 6.61 Å². The van der Waals surface area contributed by atoms with E-state index in [-0.39, 0.29) is 6.23 Å². The lowest BCUT2D eigenvalue weighted by Gasteiger charge is -2.40. The number of alkyl halides is 2. The van der Waals surface area contributed by atoms with Crippen LogP contribution in [-0.4, -0.2) is 49.0 Å². The van der Waals surface area contributed by atoms with E-state index in [2.05, 4.69) is 77.0 Å². The van der Waals surface area contributed by atoms with Crippen molar-refractivity contribution in [2.75, 3.05) is 38.1 Å². The van der Waals surface area contributed by atoms with Gasteiger partial charge >= 0.3 is 7.67 Å². The van der Waals surface area contributed by atoms with Crippen LogP contribution in [0, 0.1) is 0 Å². The summed E-state index contributed by atoms with van der Waals surface area (Å²) in [5.41, 5.74) is 7.27. The molecule has 42 heavy (non-hydrogen) atoms. The summed E-state index contributed by atoms with van der Waals surface area (Å²) in [5.74, 6) is 0.721. The van der Waals surface area contributed by atoms with Crippen LogP contribution >= 0.6 is 30.9 Å². The molecule has 8 heteroatoms. The number of hydrogen-bond donors (Lipinski definition) is 1. The molecule has 2 atom stereocenters. The second-order valence-electron chi connectivity index (χ2n) is 11.7. The summed E-state index contributed by atoms with van der Waals surface area (Å²) in [5, 5.41) is 2.96. The smallest absolute Gasteiger partial charge is 0.345 e. The largest absolute Gasteiger partial charge is 0.363 e. The highest BCUT2D eigenvalue weighted by Crippen LogP contribution is 2.51. The van der Waals surface area contributed by atoms with Gasteiger partial charge in [0.1, 0.15) is 6.23 Å². The third kappa shape index (κ3) is 18.2. The molecule has 1 aliphatic heterocycles. The second-order valence-corrected chi connectivity index (χ2v) is 14.6. The molecule has 242 valence electrons. The number of ether oxygens (including phenoxy) is 1. The lowest BCUT2D eigenvalue weighted by atomic mass is 10.0. The molecule has 1 N–H and O–H groups in total. The average Bonchev–Trinajstić information content (AvgIpc) is 2.94. The van der Waals surface area contributed by atoms with E-state index in [0.717, 1.165) is 57.8 Å². The Kier molecular flexibility index (Phi) is 22.2. The van der Waals surface area contributed by atoms with Crippen molar-refractivity contribution in [3.63, 3.8) is 0 Å². The predicted molar refractivity (Wildman–Crippen MR) is 185 cm³/mol. The molecule has 0 bridgehead atoms. The molecule has 1 rings (SSSR count). The molecule has 0 radical (unpaired) electrons. The molecule has 0 amide bonds. The van der Waals surface area contributed by atoms with Crippen LogP contribution in [-0.2, 0) is 13.8 Å². The molecule has 5 nitrogen and oxygen atoms in total. The fraction of sp³-hybridized carbons (Fsp3) is 0.706. The Labute approximate surface area is 268 Å². The third-order valence-corrected chi connectivity index (χ3v) is 10.0. The van der Waals surface area contributed by atoms with Gasteiger partial charge in [-0.2, -0.15) is 4.67 Å². The molecule has 1 heterocycles. The van der Waals surface area contributed by atoms with Gasteiger partial charge in [0.2, 0.25) is 0 Å². The summed E-state index contributed by atoms with van der Waals surface area (Å²) < 4.78 is 26.7. The average molecular weight is 646 g/mol. The Hall–Kier alpha value is -0.650. The number of halogens is 2. The first-order chi connectivity index (χ1) is 20.1. The van der Waals surface area contributed by atoms with Crippen molar-refractivity contribution in [3.8, 4) is 0 Å². The van der Waals surface area contributed by atoms with Crippen LogP contribution in [0.2, 0.25) is 0 Å². The van der Waals surface area contributed by atoms with Gasteiger partial charge < -0.3 is 9.26 Å². The fourth-order valence-corrected chi connectivity index (χ4v) is 7.42. The summed E-state index contributed by atoms with van der Waals surface area (Å²) in [6, 6.07) is 0. The zero-order valence-electron chi connectivity index (χ0n) is 27.4. The number of nitrogens with one attached hydrogen (secondary N) is 1. The van der Waals surface area contributed by atoms with Crippen LogP contribution in [0.5, 0.6) is 0 Å². The van der Waals surface area contributed by atoms with Gasteiger partial charge in [0.15, 0.2) is 0 Å². The highest BCUT2D eigenvalue weighted by atomic mass is 35.5. The van der Waals surface area contributed by atoms with E-state index in [9.17, 15) is 4.57 Å². The topological polar surface area (TPSA) is 50.8 Å². The van der Waals surface area contributed by atoms with Gasteiger partial charge in [-0.1, -0.05) is 58.2 Å². The zero-order valence-corrected chi connectivity index (χ0v) is 29.8. The maximum absolute atomic E-state index is 13.2. The maximum atomic E-state index is 13.2. The number of hydrogen-bond acceptors (Lipinski definition) is 3. The van der Waals surface area contributed by atoms with Crippen molar-refractivity contribution >= 4 is 30.9 Å². The van der Waals surface area contributed by atoms with Crippen LogP contribution in [0.1, 0.15) is 112 Å². The SMILES string of the molecule is CC(C)=CCCC(C)=CCCC(C)=CCCC=C(C)CCC=C(C)CCCOC1CCOP(=O)(NCCCl)N1CCCl. The molecule has 0 aliphatic carbocycles. The van der Waals surface area contributed by atoms with Gasteiger partial charge in [0.25, 0.3) is 0 Å². The number of nitrogens with zero attached hydrogens (tertiary/aromatic N) is 1. The first kappa shape index (κ1) is 39.4. The molecule has 0 aromatic heterocycles. The van der Waals surface area contributed by atoms with E-state index in [1.54, 1.807) is 4.67 Å². The first-order valence-electron chi connectivity index (χ1n) is 15.9. The third-order valence-electron chi connectivity index (χ3n) is 7.35. The number of allylic oxidation sites excluding steroid dienone is 10. The van der Waals surface area contributed by atoms with E-state index in [1.165, 1.54) is 34.3 Å². The summed E-state index contributed by atoms with van der Waals surface area (Å²) >= 11 is 11.8. The molecule has 1 fully saturated rings. The van der Waals surface area contributed by atoms with Crippen LogP contribution in [0.25, 0.3) is 0 Å². The van der Waals surface area contributed by atoms with Crippen LogP contribution in [0.3, 0.4) is 0 Å². The highest BCUT2D eigenvalue weighted by Gasteiger charge is 2.40.